The maximum atomic E-state index is 2.73. The Morgan fingerprint density at radius 2 is 2.00 bits per heavy atom. The second-order valence-corrected chi connectivity index (χ2v) is 6.59. The lowest BCUT2D eigenvalue weighted by Gasteiger charge is -2.45. The van der Waals surface area contributed by atoms with Crippen molar-refractivity contribution in [3.63, 3.8) is 0 Å². The molecule has 2 aliphatic heterocycles. The van der Waals surface area contributed by atoms with Gasteiger partial charge in [-0.2, -0.15) is 0 Å². The van der Waals surface area contributed by atoms with E-state index in [4.69, 9.17) is 0 Å². The van der Waals surface area contributed by atoms with Crippen molar-refractivity contribution in [3.8, 4) is 0 Å². The Hall–Kier alpha value is -0.0800. The van der Waals surface area contributed by atoms with Gasteiger partial charge in [-0.3, -0.25) is 9.80 Å². The predicted molar refractivity (Wildman–Crippen MR) is 69.7 cm³/mol. The molecule has 94 valence electrons. The Morgan fingerprint density at radius 3 is 2.69 bits per heavy atom. The second kappa shape index (κ2) is 4.66. The lowest BCUT2D eigenvalue weighted by atomic mass is 9.88. The standard InChI is InChI=1S/C14H28N2/c1-5-14(3,4)11-16-10-13-7-6-8-15(13)9-12(16)2/h12-13H,5-11H2,1-4H3. The Bertz CT molecular complexity index is 237. The van der Waals surface area contributed by atoms with Crippen LogP contribution < -0.4 is 0 Å². The van der Waals surface area contributed by atoms with Crippen LogP contribution in [0, 0.1) is 5.41 Å². The summed E-state index contributed by atoms with van der Waals surface area (Å²) in [7, 11) is 0. The zero-order valence-corrected chi connectivity index (χ0v) is 11.5. The van der Waals surface area contributed by atoms with Crippen molar-refractivity contribution in [2.24, 2.45) is 5.41 Å². The van der Waals surface area contributed by atoms with Crippen LogP contribution in [0.5, 0.6) is 0 Å². The third-order valence-corrected chi connectivity index (χ3v) is 4.65. The van der Waals surface area contributed by atoms with Gasteiger partial charge in [0.2, 0.25) is 0 Å². The van der Waals surface area contributed by atoms with Crippen molar-refractivity contribution in [3.05, 3.63) is 0 Å². The smallest absolute Gasteiger partial charge is 0.0224 e. The highest BCUT2D eigenvalue weighted by Crippen LogP contribution is 2.28. The van der Waals surface area contributed by atoms with Crippen LogP contribution >= 0.6 is 0 Å². The van der Waals surface area contributed by atoms with Gasteiger partial charge in [0.05, 0.1) is 0 Å². The largest absolute Gasteiger partial charge is 0.298 e. The molecule has 0 spiro atoms. The summed E-state index contributed by atoms with van der Waals surface area (Å²) in [5, 5.41) is 0. The van der Waals surface area contributed by atoms with Crippen molar-refractivity contribution in [2.45, 2.75) is 59.0 Å². The van der Waals surface area contributed by atoms with Crippen LogP contribution in [0.4, 0.5) is 0 Å². The average molecular weight is 224 g/mol. The lowest BCUT2D eigenvalue weighted by Crippen LogP contribution is -2.56. The molecule has 0 bridgehead atoms. The normalized spacial score (nSPS) is 33.0. The first kappa shape index (κ1) is 12.4. The third kappa shape index (κ3) is 2.60. The van der Waals surface area contributed by atoms with Gasteiger partial charge < -0.3 is 0 Å². The fourth-order valence-corrected chi connectivity index (χ4v) is 3.13. The number of hydrogen-bond donors (Lipinski definition) is 0. The molecule has 2 nitrogen and oxygen atoms in total. The minimum atomic E-state index is 0.481. The van der Waals surface area contributed by atoms with Crippen molar-refractivity contribution in [2.75, 3.05) is 26.2 Å². The molecule has 0 aromatic heterocycles. The Kier molecular flexibility index (Phi) is 3.60. The van der Waals surface area contributed by atoms with E-state index in [-0.39, 0.29) is 0 Å². The summed E-state index contributed by atoms with van der Waals surface area (Å²) in [6.07, 6.45) is 4.13. The van der Waals surface area contributed by atoms with Gasteiger partial charge in [-0.25, -0.2) is 0 Å². The van der Waals surface area contributed by atoms with Crippen LogP contribution in [0.1, 0.15) is 47.0 Å². The molecule has 2 unspecified atom stereocenters. The summed E-state index contributed by atoms with van der Waals surface area (Å²) in [6.45, 7) is 14.8. The molecular weight excluding hydrogens is 196 g/mol. The van der Waals surface area contributed by atoms with Crippen LogP contribution in [0.2, 0.25) is 0 Å². The van der Waals surface area contributed by atoms with Gasteiger partial charge in [0.1, 0.15) is 0 Å². The summed E-state index contributed by atoms with van der Waals surface area (Å²) in [4.78, 5) is 5.44. The number of rotatable bonds is 3. The predicted octanol–water partition coefficient (Wildman–Crippen LogP) is 2.59. The summed E-state index contributed by atoms with van der Waals surface area (Å²) in [5.74, 6) is 0. The van der Waals surface area contributed by atoms with Crippen LogP contribution in [-0.2, 0) is 0 Å². The molecule has 0 saturated carbocycles. The van der Waals surface area contributed by atoms with Crippen molar-refractivity contribution in [1.29, 1.82) is 0 Å². The van der Waals surface area contributed by atoms with Gasteiger partial charge in [0, 0.05) is 31.7 Å². The minimum absolute atomic E-state index is 0.481. The molecule has 0 aromatic rings. The van der Waals surface area contributed by atoms with E-state index in [0.29, 0.717) is 5.41 Å². The maximum absolute atomic E-state index is 2.73. The van der Waals surface area contributed by atoms with E-state index in [9.17, 15) is 0 Å². The van der Waals surface area contributed by atoms with E-state index in [0.717, 1.165) is 12.1 Å². The summed E-state index contributed by atoms with van der Waals surface area (Å²) in [6, 6.07) is 1.61. The highest BCUT2D eigenvalue weighted by Gasteiger charge is 2.35. The molecule has 0 aromatic carbocycles. The van der Waals surface area contributed by atoms with Crippen molar-refractivity contribution in [1.82, 2.24) is 9.80 Å². The summed E-state index contributed by atoms with van der Waals surface area (Å²) < 4.78 is 0. The summed E-state index contributed by atoms with van der Waals surface area (Å²) in [5.41, 5.74) is 0.481. The molecule has 0 radical (unpaired) electrons. The quantitative estimate of drug-likeness (QED) is 0.727. The topological polar surface area (TPSA) is 6.48 Å². The molecule has 0 aliphatic carbocycles. The van der Waals surface area contributed by atoms with Gasteiger partial charge in [0.15, 0.2) is 0 Å². The zero-order chi connectivity index (χ0) is 11.8. The molecule has 2 heteroatoms. The first-order valence-electron chi connectivity index (χ1n) is 7.00. The molecule has 0 amide bonds. The number of piperazine rings is 1. The Morgan fingerprint density at radius 1 is 1.25 bits per heavy atom. The van der Waals surface area contributed by atoms with E-state index >= 15 is 0 Å². The molecule has 2 atom stereocenters. The fourth-order valence-electron chi connectivity index (χ4n) is 3.13. The second-order valence-electron chi connectivity index (χ2n) is 6.59. The van der Waals surface area contributed by atoms with E-state index < -0.39 is 0 Å². The Balaban J connectivity index is 1.94. The molecule has 16 heavy (non-hydrogen) atoms. The monoisotopic (exact) mass is 224 g/mol. The summed E-state index contributed by atoms with van der Waals surface area (Å²) >= 11 is 0. The first-order valence-corrected chi connectivity index (χ1v) is 7.00. The number of fused-ring (bicyclic) bond motifs is 1. The van der Waals surface area contributed by atoms with Crippen molar-refractivity contribution >= 4 is 0 Å². The molecule has 2 fully saturated rings. The van der Waals surface area contributed by atoms with E-state index in [1.807, 2.05) is 0 Å². The van der Waals surface area contributed by atoms with E-state index in [1.165, 1.54) is 45.4 Å². The molecule has 2 saturated heterocycles. The molecule has 0 N–H and O–H groups in total. The average Bonchev–Trinajstić information content (AvgIpc) is 2.65. The number of hydrogen-bond acceptors (Lipinski definition) is 2. The molecule has 2 heterocycles. The van der Waals surface area contributed by atoms with Gasteiger partial charge in [-0.05, 0) is 38.1 Å². The van der Waals surface area contributed by atoms with Gasteiger partial charge >= 0.3 is 0 Å². The molecule has 2 rings (SSSR count). The fraction of sp³-hybridized carbons (Fsp3) is 1.00. The SMILES string of the molecule is CCC(C)(C)CN1CC2CCCN2CC1C. The van der Waals surface area contributed by atoms with Crippen LogP contribution in [0.25, 0.3) is 0 Å². The highest BCUT2D eigenvalue weighted by atomic mass is 15.3. The third-order valence-electron chi connectivity index (χ3n) is 4.65. The van der Waals surface area contributed by atoms with E-state index in [2.05, 4.69) is 37.5 Å². The number of nitrogens with zero attached hydrogens (tertiary/aromatic N) is 2. The Labute approximate surface area is 101 Å². The van der Waals surface area contributed by atoms with Gasteiger partial charge in [-0.1, -0.05) is 20.8 Å². The molecule has 2 aliphatic rings. The van der Waals surface area contributed by atoms with Crippen molar-refractivity contribution < 1.29 is 0 Å². The zero-order valence-electron chi connectivity index (χ0n) is 11.5. The van der Waals surface area contributed by atoms with Crippen LogP contribution in [0.3, 0.4) is 0 Å². The van der Waals surface area contributed by atoms with Gasteiger partial charge in [0.25, 0.3) is 0 Å². The lowest BCUT2D eigenvalue weighted by molar-refractivity contribution is 0.0327. The van der Waals surface area contributed by atoms with Crippen LogP contribution in [-0.4, -0.2) is 48.1 Å². The minimum Gasteiger partial charge on any atom is -0.298 e. The molecular formula is C14H28N2. The van der Waals surface area contributed by atoms with E-state index in [1.54, 1.807) is 0 Å². The first-order chi connectivity index (χ1) is 7.52. The maximum Gasteiger partial charge on any atom is 0.0224 e. The van der Waals surface area contributed by atoms with Crippen LogP contribution in [0.15, 0.2) is 0 Å². The van der Waals surface area contributed by atoms with Gasteiger partial charge in [-0.15, -0.1) is 0 Å². The highest BCUT2D eigenvalue weighted by molar-refractivity contribution is 4.92.